The van der Waals surface area contributed by atoms with Crippen molar-refractivity contribution in [1.29, 1.82) is 0 Å². The van der Waals surface area contributed by atoms with Gasteiger partial charge in [-0.05, 0) is 23.8 Å². The number of hydrogen-bond donors (Lipinski definition) is 2. The maximum atomic E-state index is 10.9. The molecule has 0 aromatic heterocycles. The molecule has 14 heavy (non-hydrogen) atoms. The Morgan fingerprint density at radius 2 is 2.36 bits per heavy atom. The van der Waals surface area contributed by atoms with Crippen LogP contribution in [0.1, 0.15) is 5.56 Å². The standard InChI is InChI=1S/C10H10ClNOS/c1-2-10(13)12-6-7-3-4-9(14)8(11)5-7/h2-5,14H,1,6H2,(H,12,13). The molecule has 0 heterocycles. The van der Waals surface area contributed by atoms with Crippen molar-refractivity contribution in [3.63, 3.8) is 0 Å². The number of nitrogens with one attached hydrogen (secondary N) is 1. The lowest BCUT2D eigenvalue weighted by Crippen LogP contribution is -2.19. The Labute approximate surface area is 93.4 Å². The lowest BCUT2D eigenvalue weighted by Gasteiger charge is -2.04. The SMILES string of the molecule is C=CC(=O)NCc1ccc(S)c(Cl)c1. The van der Waals surface area contributed by atoms with E-state index in [0.29, 0.717) is 11.6 Å². The molecule has 0 aliphatic carbocycles. The molecule has 0 aliphatic rings. The molecule has 0 atom stereocenters. The van der Waals surface area contributed by atoms with E-state index in [2.05, 4.69) is 24.5 Å². The normalized spacial score (nSPS) is 9.57. The summed E-state index contributed by atoms with van der Waals surface area (Å²) in [6.07, 6.45) is 1.23. The highest BCUT2D eigenvalue weighted by molar-refractivity contribution is 7.80. The number of rotatable bonds is 3. The molecule has 1 aromatic carbocycles. The first-order chi connectivity index (χ1) is 6.63. The molecule has 0 unspecified atom stereocenters. The molecule has 0 bridgehead atoms. The van der Waals surface area contributed by atoms with Crippen molar-refractivity contribution in [1.82, 2.24) is 5.32 Å². The predicted octanol–water partition coefficient (Wildman–Crippen LogP) is 2.43. The minimum atomic E-state index is -0.198. The molecule has 0 saturated heterocycles. The van der Waals surface area contributed by atoms with E-state index >= 15 is 0 Å². The van der Waals surface area contributed by atoms with Crippen molar-refractivity contribution in [2.24, 2.45) is 0 Å². The Morgan fingerprint density at radius 3 is 2.93 bits per heavy atom. The largest absolute Gasteiger partial charge is 0.348 e. The van der Waals surface area contributed by atoms with Gasteiger partial charge in [0.05, 0.1) is 5.02 Å². The van der Waals surface area contributed by atoms with Gasteiger partial charge < -0.3 is 5.32 Å². The summed E-state index contributed by atoms with van der Waals surface area (Å²) < 4.78 is 0. The van der Waals surface area contributed by atoms with Crippen molar-refractivity contribution in [2.45, 2.75) is 11.4 Å². The zero-order valence-electron chi connectivity index (χ0n) is 7.46. The summed E-state index contributed by atoms with van der Waals surface area (Å²) in [5.41, 5.74) is 0.933. The zero-order valence-corrected chi connectivity index (χ0v) is 9.11. The average molecular weight is 228 g/mol. The molecule has 74 valence electrons. The van der Waals surface area contributed by atoms with Crippen molar-refractivity contribution < 1.29 is 4.79 Å². The Hall–Kier alpha value is -0.930. The molecule has 0 spiro atoms. The van der Waals surface area contributed by atoms with Crippen LogP contribution in [0.3, 0.4) is 0 Å². The second-order valence-electron chi connectivity index (χ2n) is 2.71. The first kappa shape index (κ1) is 11.1. The van der Waals surface area contributed by atoms with Crippen LogP contribution >= 0.6 is 24.2 Å². The van der Waals surface area contributed by atoms with Crippen molar-refractivity contribution >= 4 is 30.1 Å². The first-order valence-electron chi connectivity index (χ1n) is 4.01. The third kappa shape index (κ3) is 3.09. The molecule has 0 saturated carbocycles. The van der Waals surface area contributed by atoms with E-state index in [1.54, 1.807) is 12.1 Å². The van der Waals surface area contributed by atoms with Gasteiger partial charge in [0.15, 0.2) is 0 Å². The maximum absolute atomic E-state index is 10.9. The molecule has 1 amide bonds. The lowest BCUT2D eigenvalue weighted by molar-refractivity contribution is -0.116. The fraction of sp³-hybridized carbons (Fsp3) is 0.100. The monoisotopic (exact) mass is 227 g/mol. The average Bonchev–Trinajstić information content (AvgIpc) is 2.19. The highest BCUT2D eigenvalue weighted by atomic mass is 35.5. The third-order valence-corrected chi connectivity index (χ3v) is 2.50. The highest BCUT2D eigenvalue weighted by Crippen LogP contribution is 2.20. The van der Waals surface area contributed by atoms with Crippen molar-refractivity contribution in [3.05, 3.63) is 41.4 Å². The molecule has 2 nitrogen and oxygen atoms in total. The second-order valence-corrected chi connectivity index (χ2v) is 3.60. The molecule has 1 aromatic rings. The van der Waals surface area contributed by atoms with E-state index < -0.39 is 0 Å². The molecular weight excluding hydrogens is 218 g/mol. The molecule has 4 heteroatoms. The van der Waals surface area contributed by atoms with Crippen LogP contribution in [0.15, 0.2) is 35.7 Å². The minimum absolute atomic E-state index is 0.198. The van der Waals surface area contributed by atoms with Crippen molar-refractivity contribution in [3.8, 4) is 0 Å². The number of hydrogen-bond acceptors (Lipinski definition) is 2. The van der Waals surface area contributed by atoms with Gasteiger partial charge >= 0.3 is 0 Å². The molecular formula is C10H10ClNOS. The number of thiol groups is 1. The number of benzene rings is 1. The van der Waals surface area contributed by atoms with E-state index in [9.17, 15) is 4.79 Å². The van der Waals surface area contributed by atoms with E-state index in [4.69, 9.17) is 11.6 Å². The van der Waals surface area contributed by atoms with Crippen LogP contribution in [0.4, 0.5) is 0 Å². The van der Waals surface area contributed by atoms with Gasteiger partial charge in [-0.15, -0.1) is 12.6 Å². The molecule has 0 aliphatic heterocycles. The van der Waals surface area contributed by atoms with Crippen LogP contribution in [0, 0.1) is 0 Å². The summed E-state index contributed by atoms with van der Waals surface area (Å²) in [7, 11) is 0. The van der Waals surface area contributed by atoms with E-state index in [0.717, 1.165) is 10.5 Å². The van der Waals surface area contributed by atoms with Gasteiger partial charge in [0.1, 0.15) is 0 Å². The molecule has 1 N–H and O–H groups in total. The van der Waals surface area contributed by atoms with Crippen LogP contribution in [0.25, 0.3) is 0 Å². The first-order valence-corrected chi connectivity index (χ1v) is 4.83. The van der Waals surface area contributed by atoms with Gasteiger partial charge in [-0.2, -0.15) is 0 Å². The summed E-state index contributed by atoms with van der Waals surface area (Å²) >= 11 is 9.99. The van der Waals surface area contributed by atoms with Crippen LogP contribution in [-0.2, 0) is 11.3 Å². The lowest BCUT2D eigenvalue weighted by atomic mass is 10.2. The van der Waals surface area contributed by atoms with Crippen LogP contribution in [0.2, 0.25) is 5.02 Å². The Morgan fingerprint density at radius 1 is 1.64 bits per heavy atom. The fourth-order valence-electron chi connectivity index (χ4n) is 0.922. The number of amides is 1. The second kappa shape index (κ2) is 5.08. The molecule has 0 radical (unpaired) electrons. The Kier molecular flexibility index (Phi) is 4.04. The quantitative estimate of drug-likeness (QED) is 0.603. The smallest absolute Gasteiger partial charge is 0.243 e. The molecule has 0 fully saturated rings. The minimum Gasteiger partial charge on any atom is -0.348 e. The van der Waals surface area contributed by atoms with E-state index in [1.807, 2.05) is 6.07 Å². The summed E-state index contributed by atoms with van der Waals surface area (Å²) in [6.45, 7) is 3.80. The van der Waals surface area contributed by atoms with Crippen LogP contribution < -0.4 is 5.32 Å². The highest BCUT2D eigenvalue weighted by Gasteiger charge is 1.99. The van der Waals surface area contributed by atoms with E-state index in [1.165, 1.54) is 6.08 Å². The Balaban J connectivity index is 2.64. The fourth-order valence-corrected chi connectivity index (χ4v) is 1.26. The molecule has 1 rings (SSSR count). The van der Waals surface area contributed by atoms with Crippen LogP contribution in [-0.4, -0.2) is 5.91 Å². The third-order valence-electron chi connectivity index (χ3n) is 1.66. The van der Waals surface area contributed by atoms with Crippen LogP contribution in [0.5, 0.6) is 0 Å². The van der Waals surface area contributed by atoms with Gasteiger partial charge in [-0.25, -0.2) is 0 Å². The topological polar surface area (TPSA) is 29.1 Å². The Bertz CT molecular complexity index is 365. The van der Waals surface area contributed by atoms with E-state index in [-0.39, 0.29) is 5.91 Å². The summed E-state index contributed by atoms with van der Waals surface area (Å²) in [5.74, 6) is -0.198. The van der Waals surface area contributed by atoms with Gasteiger partial charge in [0.25, 0.3) is 0 Å². The zero-order chi connectivity index (χ0) is 10.6. The van der Waals surface area contributed by atoms with Gasteiger partial charge in [-0.3, -0.25) is 4.79 Å². The maximum Gasteiger partial charge on any atom is 0.243 e. The number of carbonyl (C=O) groups excluding carboxylic acids is 1. The summed E-state index contributed by atoms with van der Waals surface area (Å²) in [4.78, 5) is 11.6. The van der Waals surface area contributed by atoms with Gasteiger partial charge in [0, 0.05) is 11.4 Å². The predicted molar refractivity (Wildman–Crippen MR) is 60.7 cm³/mol. The number of halogens is 1. The van der Waals surface area contributed by atoms with Crippen molar-refractivity contribution in [2.75, 3.05) is 0 Å². The van der Waals surface area contributed by atoms with Gasteiger partial charge in [0.2, 0.25) is 5.91 Å². The summed E-state index contributed by atoms with van der Waals surface area (Å²) in [5, 5.41) is 3.24. The summed E-state index contributed by atoms with van der Waals surface area (Å²) in [6, 6.07) is 5.42. The van der Waals surface area contributed by atoms with Gasteiger partial charge in [-0.1, -0.05) is 24.2 Å². The number of carbonyl (C=O) groups is 1.